The van der Waals surface area contributed by atoms with Gasteiger partial charge in [-0.3, -0.25) is 4.21 Å². The van der Waals surface area contributed by atoms with Gasteiger partial charge in [0.15, 0.2) is 0 Å². The number of nitrogens with one attached hydrogen (secondary N) is 1. The molecule has 3 unspecified atom stereocenters. The van der Waals surface area contributed by atoms with Gasteiger partial charge in [-0.25, -0.2) is 0 Å². The van der Waals surface area contributed by atoms with Gasteiger partial charge in [0.05, 0.1) is 11.7 Å². The van der Waals surface area contributed by atoms with E-state index in [1.165, 1.54) is 44.9 Å². The van der Waals surface area contributed by atoms with E-state index < -0.39 is 10.8 Å². The van der Waals surface area contributed by atoms with Gasteiger partial charge in [0.2, 0.25) is 0 Å². The van der Waals surface area contributed by atoms with E-state index in [-0.39, 0.29) is 5.60 Å². The molecule has 112 valence electrons. The number of ether oxygens (including phenoxy) is 1. The van der Waals surface area contributed by atoms with Crippen molar-refractivity contribution in [2.24, 2.45) is 0 Å². The zero-order valence-corrected chi connectivity index (χ0v) is 13.3. The van der Waals surface area contributed by atoms with Crippen LogP contribution in [0.4, 0.5) is 0 Å². The standard InChI is InChI=1S/C15H29NO2S/c1-13(7-11-19(2)17)16-12-14-6-10-15(18-14)8-4-3-5-9-15/h13-14,16H,3-12H2,1-2H3. The predicted molar refractivity (Wildman–Crippen MR) is 80.9 cm³/mol. The zero-order valence-electron chi connectivity index (χ0n) is 12.5. The van der Waals surface area contributed by atoms with E-state index in [1.54, 1.807) is 6.26 Å². The van der Waals surface area contributed by atoms with E-state index in [0.717, 1.165) is 18.7 Å². The Morgan fingerprint density at radius 2 is 2.05 bits per heavy atom. The van der Waals surface area contributed by atoms with Crippen molar-refractivity contribution in [2.75, 3.05) is 18.6 Å². The Balaban J connectivity index is 1.66. The molecule has 19 heavy (non-hydrogen) atoms. The third-order valence-corrected chi connectivity index (χ3v) is 5.45. The quantitative estimate of drug-likeness (QED) is 0.816. The Hall–Kier alpha value is 0.0700. The minimum absolute atomic E-state index is 0.235. The first kappa shape index (κ1) is 15.5. The molecule has 1 saturated carbocycles. The Kier molecular flexibility index (Phi) is 5.85. The molecule has 4 heteroatoms. The predicted octanol–water partition coefficient (Wildman–Crippen LogP) is 2.62. The summed E-state index contributed by atoms with van der Waals surface area (Å²) in [7, 11) is -0.672. The summed E-state index contributed by atoms with van der Waals surface area (Å²) in [5, 5.41) is 3.54. The summed E-state index contributed by atoms with van der Waals surface area (Å²) in [5.74, 6) is 0.795. The lowest BCUT2D eigenvalue weighted by atomic mass is 9.83. The fourth-order valence-electron chi connectivity index (χ4n) is 3.38. The molecule has 3 nitrogen and oxygen atoms in total. The molecule has 0 aromatic carbocycles. The zero-order chi connectivity index (χ0) is 13.7. The molecule has 0 amide bonds. The van der Waals surface area contributed by atoms with Crippen molar-refractivity contribution in [3.63, 3.8) is 0 Å². The highest BCUT2D eigenvalue weighted by Gasteiger charge is 2.40. The number of rotatable bonds is 6. The lowest BCUT2D eigenvalue weighted by Gasteiger charge is -2.33. The van der Waals surface area contributed by atoms with Crippen LogP contribution in [-0.4, -0.2) is 40.5 Å². The van der Waals surface area contributed by atoms with E-state index in [0.29, 0.717) is 12.1 Å². The molecule has 1 aliphatic carbocycles. The highest BCUT2D eigenvalue weighted by atomic mass is 32.2. The fraction of sp³-hybridized carbons (Fsp3) is 1.00. The highest BCUT2D eigenvalue weighted by molar-refractivity contribution is 7.84. The van der Waals surface area contributed by atoms with Gasteiger partial charge in [0, 0.05) is 35.4 Å². The third kappa shape index (κ3) is 4.83. The van der Waals surface area contributed by atoms with Crippen LogP contribution in [0.2, 0.25) is 0 Å². The first-order chi connectivity index (χ1) is 9.10. The third-order valence-electron chi connectivity index (χ3n) is 4.64. The molecular weight excluding hydrogens is 258 g/mol. The van der Waals surface area contributed by atoms with E-state index in [1.807, 2.05) is 0 Å². The van der Waals surface area contributed by atoms with Gasteiger partial charge in [-0.05, 0) is 39.0 Å². The lowest BCUT2D eigenvalue weighted by molar-refractivity contribution is -0.0628. The molecule has 1 N–H and O–H groups in total. The van der Waals surface area contributed by atoms with Gasteiger partial charge in [-0.15, -0.1) is 0 Å². The van der Waals surface area contributed by atoms with Crippen LogP contribution in [0, 0.1) is 0 Å². The van der Waals surface area contributed by atoms with Crippen molar-refractivity contribution in [2.45, 2.75) is 76.0 Å². The van der Waals surface area contributed by atoms with Gasteiger partial charge in [-0.1, -0.05) is 19.3 Å². The maximum atomic E-state index is 11.1. The van der Waals surface area contributed by atoms with E-state index in [9.17, 15) is 4.21 Å². The van der Waals surface area contributed by atoms with E-state index in [4.69, 9.17) is 4.74 Å². The van der Waals surface area contributed by atoms with Gasteiger partial charge < -0.3 is 10.1 Å². The van der Waals surface area contributed by atoms with Crippen molar-refractivity contribution >= 4 is 10.8 Å². The summed E-state index contributed by atoms with van der Waals surface area (Å²) in [6.07, 6.45) is 12.2. The highest BCUT2D eigenvalue weighted by Crippen LogP contribution is 2.41. The summed E-state index contributed by atoms with van der Waals surface area (Å²) in [4.78, 5) is 0. The molecule has 1 spiro atoms. The van der Waals surface area contributed by atoms with Crippen LogP contribution in [0.5, 0.6) is 0 Å². The van der Waals surface area contributed by atoms with Crippen molar-refractivity contribution in [1.29, 1.82) is 0 Å². The monoisotopic (exact) mass is 287 g/mol. The van der Waals surface area contributed by atoms with Crippen LogP contribution in [0.15, 0.2) is 0 Å². The molecule has 2 aliphatic rings. The van der Waals surface area contributed by atoms with Crippen LogP contribution in [-0.2, 0) is 15.5 Å². The Labute approximate surface area is 120 Å². The van der Waals surface area contributed by atoms with Crippen molar-refractivity contribution in [3.8, 4) is 0 Å². The van der Waals surface area contributed by atoms with E-state index >= 15 is 0 Å². The number of hydrogen-bond acceptors (Lipinski definition) is 3. The largest absolute Gasteiger partial charge is 0.370 e. The minimum Gasteiger partial charge on any atom is -0.370 e. The molecule has 1 aliphatic heterocycles. The smallest absolute Gasteiger partial charge is 0.0708 e. The summed E-state index contributed by atoms with van der Waals surface area (Å²) in [6.45, 7) is 3.14. The Morgan fingerprint density at radius 3 is 2.74 bits per heavy atom. The van der Waals surface area contributed by atoms with Gasteiger partial charge in [0.25, 0.3) is 0 Å². The van der Waals surface area contributed by atoms with Crippen LogP contribution in [0.1, 0.15) is 58.3 Å². The Morgan fingerprint density at radius 1 is 1.32 bits per heavy atom. The van der Waals surface area contributed by atoms with Crippen LogP contribution in [0.25, 0.3) is 0 Å². The molecule has 2 rings (SSSR count). The van der Waals surface area contributed by atoms with Gasteiger partial charge in [0.1, 0.15) is 0 Å². The van der Waals surface area contributed by atoms with Gasteiger partial charge >= 0.3 is 0 Å². The van der Waals surface area contributed by atoms with E-state index in [2.05, 4.69) is 12.2 Å². The normalized spacial score (nSPS) is 29.5. The van der Waals surface area contributed by atoms with Crippen LogP contribution in [0.3, 0.4) is 0 Å². The maximum Gasteiger partial charge on any atom is 0.0708 e. The molecule has 1 saturated heterocycles. The second kappa shape index (κ2) is 7.19. The first-order valence-electron chi connectivity index (χ1n) is 7.81. The van der Waals surface area contributed by atoms with Crippen LogP contribution < -0.4 is 5.32 Å². The number of hydrogen-bond donors (Lipinski definition) is 1. The van der Waals surface area contributed by atoms with Crippen molar-refractivity contribution in [3.05, 3.63) is 0 Å². The van der Waals surface area contributed by atoms with Crippen LogP contribution >= 0.6 is 0 Å². The summed E-state index contributed by atoms with van der Waals surface area (Å²) >= 11 is 0. The molecule has 1 heterocycles. The SMILES string of the molecule is CC(CCS(C)=O)NCC1CCC2(CCCCC2)O1. The molecule has 0 aromatic rings. The average Bonchev–Trinajstić information content (AvgIpc) is 2.78. The van der Waals surface area contributed by atoms with Crippen molar-refractivity contribution < 1.29 is 8.95 Å². The maximum absolute atomic E-state index is 11.1. The summed E-state index contributed by atoms with van der Waals surface area (Å²) < 4.78 is 17.4. The molecule has 0 radical (unpaired) electrons. The minimum atomic E-state index is -0.672. The molecule has 0 bridgehead atoms. The second-order valence-electron chi connectivity index (χ2n) is 6.40. The molecule has 0 aromatic heterocycles. The fourth-order valence-corrected chi connectivity index (χ4v) is 4.07. The summed E-state index contributed by atoms with van der Waals surface area (Å²) in [6, 6.07) is 0.440. The molecular formula is C15H29NO2S. The lowest BCUT2D eigenvalue weighted by Crippen LogP contribution is -2.37. The van der Waals surface area contributed by atoms with Gasteiger partial charge in [-0.2, -0.15) is 0 Å². The first-order valence-corrected chi connectivity index (χ1v) is 9.54. The van der Waals surface area contributed by atoms with Crippen molar-refractivity contribution in [1.82, 2.24) is 5.32 Å². The molecule has 2 fully saturated rings. The Bertz CT molecular complexity index is 303. The average molecular weight is 287 g/mol. The summed E-state index contributed by atoms with van der Waals surface area (Å²) in [5.41, 5.74) is 0.235. The molecule has 3 atom stereocenters. The second-order valence-corrected chi connectivity index (χ2v) is 7.95. The topological polar surface area (TPSA) is 38.3 Å².